The van der Waals surface area contributed by atoms with E-state index in [0.29, 0.717) is 23.6 Å². The first-order valence-electron chi connectivity index (χ1n) is 7.67. The van der Waals surface area contributed by atoms with E-state index in [0.717, 1.165) is 5.56 Å². The standard InChI is InChI=1S/C18H18N4O2/c1-13(24-15-8-5-9-19-11-15)10-20-18(23)16-12-21-22-17(16)14-6-3-2-4-7-14/h2-9,11-13H,10H2,1H3,(H,20,23)(H,21,22)/t13-/m1/s1. The molecule has 2 aromatic heterocycles. The van der Waals surface area contributed by atoms with Gasteiger partial charge in [0.05, 0.1) is 30.2 Å². The van der Waals surface area contributed by atoms with Gasteiger partial charge in [0, 0.05) is 11.8 Å². The Bertz CT molecular complexity index is 787. The molecular formula is C18H18N4O2. The Balaban J connectivity index is 1.61. The molecule has 1 amide bonds. The van der Waals surface area contributed by atoms with Crippen molar-refractivity contribution >= 4 is 5.91 Å². The minimum absolute atomic E-state index is 0.176. The van der Waals surface area contributed by atoms with Gasteiger partial charge in [0.15, 0.2) is 0 Å². The Kier molecular flexibility index (Phi) is 4.86. The molecule has 0 aliphatic carbocycles. The molecule has 0 spiro atoms. The van der Waals surface area contributed by atoms with E-state index in [2.05, 4.69) is 20.5 Å². The highest BCUT2D eigenvalue weighted by Crippen LogP contribution is 2.20. The van der Waals surface area contributed by atoms with Gasteiger partial charge in [-0.05, 0) is 19.1 Å². The van der Waals surface area contributed by atoms with Crippen LogP contribution in [0.5, 0.6) is 5.75 Å². The van der Waals surface area contributed by atoms with Gasteiger partial charge in [-0.25, -0.2) is 0 Å². The summed E-state index contributed by atoms with van der Waals surface area (Å²) in [6.07, 6.45) is 4.68. The van der Waals surface area contributed by atoms with Crippen molar-refractivity contribution in [2.75, 3.05) is 6.54 Å². The van der Waals surface area contributed by atoms with Crippen molar-refractivity contribution in [3.63, 3.8) is 0 Å². The van der Waals surface area contributed by atoms with Crippen LogP contribution in [0.4, 0.5) is 0 Å². The predicted octanol–water partition coefficient (Wildman–Crippen LogP) is 2.67. The van der Waals surface area contributed by atoms with Gasteiger partial charge >= 0.3 is 0 Å². The van der Waals surface area contributed by atoms with Crippen LogP contribution in [0.3, 0.4) is 0 Å². The van der Waals surface area contributed by atoms with Crippen molar-refractivity contribution in [3.05, 3.63) is 66.6 Å². The van der Waals surface area contributed by atoms with Crippen LogP contribution >= 0.6 is 0 Å². The second kappa shape index (κ2) is 7.41. The fraction of sp³-hybridized carbons (Fsp3) is 0.167. The molecule has 0 saturated carbocycles. The minimum atomic E-state index is -0.191. The third kappa shape index (κ3) is 3.78. The van der Waals surface area contributed by atoms with Gasteiger partial charge in [-0.2, -0.15) is 5.10 Å². The minimum Gasteiger partial charge on any atom is -0.487 e. The lowest BCUT2D eigenvalue weighted by molar-refractivity contribution is 0.0933. The van der Waals surface area contributed by atoms with E-state index in [9.17, 15) is 4.79 Å². The maximum Gasteiger partial charge on any atom is 0.255 e. The smallest absolute Gasteiger partial charge is 0.255 e. The zero-order valence-electron chi connectivity index (χ0n) is 13.3. The Morgan fingerprint density at radius 3 is 2.79 bits per heavy atom. The van der Waals surface area contributed by atoms with E-state index < -0.39 is 0 Å². The van der Waals surface area contributed by atoms with Crippen LogP contribution in [0.15, 0.2) is 61.1 Å². The molecule has 2 heterocycles. The molecule has 0 aliphatic rings. The van der Waals surface area contributed by atoms with Crippen molar-refractivity contribution in [2.45, 2.75) is 13.0 Å². The topological polar surface area (TPSA) is 79.9 Å². The number of amides is 1. The van der Waals surface area contributed by atoms with Crippen LogP contribution in [-0.4, -0.2) is 33.7 Å². The van der Waals surface area contributed by atoms with E-state index >= 15 is 0 Å². The summed E-state index contributed by atoms with van der Waals surface area (Å²) >= 11 is 0. The van der Waals surface area contributed by atoms with Crippen LogP contribution < -0.4 is 10.1 Å². The van der Waals surface area contributed by atoms with Crippen LogP contribution in [-0.2, 0) is 0 Å². The molecule has 0 fully saturated rings. The quantitative estimate of drug-likeness (QED) is 0.731. The third-order valence-electron chi connectivity index (χ3n) is 3.47. The fourth-order valence-electron chi connectivity index (χ4n) is 2.31. The number of aromatic nitrogens is 3. The van der Waals surface area contributed by atoms with E-state index in [-0.39, 0.29) is 12.0 Å². The number of nitrogens with one attached hydrogen (secondary N) is 2. The summed E-state index contributed by atoms with van der Waals surface area (Å²) in [5, 5.41) is 9.74. The van der Waals surface area contributed by atoms with Gasteiger partial charge in [0.2, 0.25) is 0 Å². The highest BCUT2D eigenvalue weighted by molar-refractivity contribution is 5.99. The number of carbonyl (C=O) groups excluding carboxylic acids is 1. The third-order valence-corrected chi connectivity index (χ3v) is 3.47. The zero-order chi connectivity index (χ0) is 16.8. The lowest BCUT2D eigenvalue weighted by Gasteiger charge is -2.15. The Morgan fingerprint density at radius 2 is 2.04 bits per heavy atom. The highest BCUT2D eigenvalue weighted by atomic mass is 16.5. The van der Waals surface area contributed by atoms with Gasteiger partial charge in [0.1, 0.15) is 11.9 Å². The SMILES string of the molecule is C[C@H](CNC(=O)c1cn[nH]c1-c1ccccc1)Oc1cccnc1. The fourth-order valence-corrected chi connectivity index (χ4v) is 2.31. The molecule has 0 aliphatic heterocycles. The molecule has 0 unspecified atom stereocenters. The number of rotatable bonds is 6. The summed E-state index contributed by atoms with van der Waals surface area (Å²) in [7, 11) is 0. The first kappa shape index (κ1) is 15.7. The molecule has 1 aromatic carbocycles. The van der Waals surface area contributed by atoms with Gasteiger partial charge in [0.25, 0.3) is 5.91 Å². The second-order valence-corrected chi connectivity index (χ2v) is 5.35. The van der Waals surface area contributed by atoms with Crippen LogP contribution in [0, 0.1) is 0 Å². The van der Waals surface area contributed by atoms with Crippen LogP contribution in [0.1, 0.15) is 17.3 Å². The van der Waals surface area contributed by atoms with E-state index in [1.165, 1.54) is 6.20 Å². The number of H-pyrrole nitrogens is 1. The maximum atomic E-state index is 12.4. The van der Waals surface area contributed by atoms with Crippen molar-refractivity contribution < 1.29 is 9.53 Å². The highest BCUT2D eigenvalue weighted by Gasteiger charge is 2.16. The molecule has 122 valence electrons. The maximum absolute atomic E-state index is 12.4. The molecule has 6 heteroatoms. The summed E-state index contributed by atoms with van der Waals surface area (Å²) in [5.41, 5.74) is 2.13. The summed E-state index contributed by atoms with van der Waals surface area (Å²) in [6.45, 7) is 2.27. The number of hydrogen-bond donors (Lipinski definition) is 2. The Hall–Kier alpha value is -3.15. The summed E-state index contributed by atoms with van der Waals surface area (Å²) in [4.78, 5) is 16.4. The number of benzene rings is 1. The predicted molar refractivity (Wildman–Crippen MR) is 90.7 cm³/mol. The molecule has 2 N–H and O–H groups in total. The molecule has 0 bridgehead atoms. The second-order valence-electron chi connectivity index (χ2n) is 5.35. The number of aromatic amines is 1. The first-order valence-corrected chi connectivity index (χ1v) is 7.67. The summed E-state index contributed by atoms with van der Waals surface area (Å²) < 4.78 is 5.70. The number of ether oxygens (including phenoxy) is 1. The number of pyridine rings is 1. The molecular weight excluding hydrogens is 304 g/mol. The Morgan fingerprint density at radius 1 is 1.21 bits per heavy atom. The van der Waals surface area contributed by atoms with Crippen LogP contribution in [0.25, 0.3) is 11.3 Å². The molecule has 1 atom stereocenters. The van der Waals surface area contributed by atoms with Gasteiger partial charge in [-0.15, -0.1) is 0 Å². The molecule has 6 nitrogen and oxygen atoms in total. The van der Waals surface area contributed by atoms with Gasteiger partial charge < -0.3 is 10.1 Å². The van der Waals surface area contributed by atoms with E-state index in [1.807, 2.05) is 43.3 Å². The molecule has 3 aromatic rings. The average Bonchev–Trinajstić information content (AvgIpc) is 3.11. The number of nitrogens with zero attached hydrogens (tertiary/aromatic N) is 2. The van der Waals surface area contributed by atoms with Crippen molar-refractivity contribution in [3.8, 4) is 17.0 Å². The summed E-state index contributed by atoms with van der Waals surface area (Å²) in [6, 6.07) is 13.3. The number of hydrogen-bond acceptors (Lipinski definition) is 4. The van der Waals surface area contributed by atoms with E-state index in [1.54, 1.807) is 18.5 Å². The largest absolute Gasteiger partial charge is 0.487 e. The molecule has 24 heavy (non-hydrogen) atoms. The summed E-state index contributed by atoms with van der Waals surface area (Å²) in [5.74, 6) is 0.483. The number of carbonyl (C=O) groups is 1. The van der Waals surface area contributed by atoms with E-state index in [4.69, 9.17) is 4.74 Å². The Labute approximate surface area is 139 Å². The molecule has 0 radical (unpaired) electrons. The zero-order valence-corrected chi connectivity index (χ0v) is 13.3. The lowest BCUT2D eigenvalue weighted by Crippen LogP contribution is -2.33. The lowest BCUT2D eigenvalue weighted by atomic mass is 10.1. The van der Waals surface area contributed by atoms with Crippen LogP contribution in [0.2, 0.25) is 0 Å². The molecule has 0 saturated heterocycles. The molecule has 3 rings (SSSR count). The normalized spacial score (nSPS) is 11.7. The van der Waals surface area contributed by atoms with Gasteiger partial charge in [-0.3, -0.25) is 14.9 Å². The van der Waals surface area contributed by atoms with Crippen molar-refractivity contribution in [2.24, 2.45) is 0 Å². The van der Waals surface area contributed by atoms with Crippen molar-refractivity contribution in [1.82, 2.24) is 20.5 Å². The van der Waals surface area contributed by atoms with Crippen molar-refractivity contribution in [1.29, 1.82) is 0 Å². The van der Waals surface area contributed by atoms with Gasteiger partial charge in [-0.1, -0.05) is 30.3 Å². The monoisotopic (exact) mass is 322 g/mol. The first-order chi connectivity index (χ1) is 11.7. The average molecular weight is 322 g/mol.